The summed E-state index contributed by atoms with van der Waals surface area (Å²) in [6.07, 6.45) is -2.27. The van der Waals surface area contributed by atoms with Crippen LogP contribution in [0.1, 0.15) is 12.5 Å². The molecule has 1 aromatic rings. The van der Waals surface area contributed by atoms with E-state index in [0.29, 0.717) is 0 Å². The van der Waals surface area contributed by atoms with Crippen LogP contribution in [0.2, 0.25) is 0 Å². The Kier molecular flexibility index (Phi) is 5.95. The molecule has 0 unspecified atom stereocenters. The van der Waals surface area contributed by atoms with Gasteiger partial charge < -0.3 is 10.1 Å². The van der Waals surface area contributed by atoms with E-state index in [1.165, 1.54) is 25.2 Å². The maximum atomic E-state index is 13.1. The van der Waals surface area contributed by atoms with Crippen molar-refractivity contribution in [2.45, 2.75) is 13.1 Å². The third-order valence-electron chi connectivity index (χ3n) is 2.67. The van der Waals surface area contributed by atoms with Crippen LogP contribution in [0.4, 0.5) is 24.7 Å². The van der Waals surface area contributed by atoms with E-state index in [2.05, 4.69) is 15.0 Å². The molecule has 1 heterocycles. The summed E-state index contributed by atoms with van der Waals surface area (Å²) in [5.74, 6) is -0.967. The van der Waals surface area contributed by atoms with Gasteiger partial charge in [0.25, 0.3) is 5.82 Å². The fourth-order valence-corrected chi connectivity index (χ4v) is 1.66. The summed E-state index contributed by atoms with van der Waals surface area (Å²) in [5.41, 5.74) is -1.19. The number of esters is 1. The van der Waals surface area contributed by atoms with Crippen LogP contribution >= 0.6 is 0 Å². The molecule has 0 bridgehead atoms. The molecule has 0 spiro atoms. The molecule has 6 nitrogen and oxygen atoms in total. The lowest BCUT2D eigenvalue weighted by atomic mass is 10.2. The number of nitrogens with zero attached hydrogens (tertiary/aromatic N) is 2. The molecular weight excluding hydrogens is 313 g/mol. The molecular formula is C14H16F3N4O2+. The van der Waals surface area contributed by atoms with Crippen LogP contribution in [0.5, 0.6) is 0 Å². The molecule has 0 saturated heterocycles. The van der Waals surface area contributed by atoms with Crippen LogP contribution in [-0.2, 0) is 15.7 Å². The quantitative estimate of drug-likeness (QED) is 0.507. The van der Waals surface area contributed by atoms with Crippen LogP contribution in [0.25, 0.3) is 0 Å². The summed E-state index contributed by atoms with van der Waals surface area (Å²) in [6, 6.07) is 2.49. The second-order valence-corrected chi connectivity index (χ2v) is 4.58. The van der Waals surface area contributed by atoms with Gasteiger partial charge in [-0.25, -0.2) is 9.78 Å². The molecule has 0 aliphatic carbocycles. The Labute approximate surface area is 131 Å². The van der Waals surface area contributed by atoms with Gasteiger partial charge in [0.1, 0.15) is 17.8 Å². The highest BCUT2D eigenvalue weighted by Gasteiger charge is 2.38. The first-order valence-electron chi connectivity index (χ1n) is 6.54. The molecule has 23 heavy (non-hydrogen) atoms. The summed E-state index contributed by atoms with van der Waals surface area (Å²) in [7, 11) is 2.95. The topological polar surface area (TPSA) is 79.5 Å². The van der Waals surface area contributed by atoms with Crippen LogP contribution in [0.3, 0.4) is 0 Å². The van der Waals surface area contributed by atoms with E-state index in [4.69, 9.17) is 5.26 Å². The maximum absolute atomic E-state index is 13.1. The number of alkyl halides is 3. The average Bonchev–Trinajstić information content (AvgIpc) is 2.47. The lowest BCUT2D eigenvalue weighted by molar-refractivity contribution is -0.365. The van der Waals surface area contributed by atoms with Gasteiger partial charge in [0, 0.05) is 6.20 Å². The number of aromatic nitrogens is 1. The minimum Gasteiger partial charge on any atom is -0.462 e. The van der Waals surface area contributed by atoms with Crippen molar-refractivity contribution in [2.75, 3.05) is 30.9 Å². The molecule has 0 aliphatic heterocycles. The number of pyridine rings is 1. The molecule has 1 rings (SSSR count). The van der Waals surface area contributed by atoms with Gasteiger partial charge in [0.05, 0.1) is 26.4 Å². The smallest absolute Gasteiger partial charge is 0.424 e. The Morgan fingerprint density at radius 2 is 2.17 bits per heavy atom. The number of hydrogen-bond acceptors (Lipinski definition) is 5. The Morgan fingerprint density at radius 1 is 1.52 bits per heavy atom. The Bertz CT molecular complexity index is 648. The predicted octanol–water partition coefficient (Wildman–Crippen LogP) is 1.97. The van der Waals surface area contributed by atoms with Crippen molar-refractivity contribution in [2.24, 2.45) is 0 Å². The average molecular weight is 329 g/mol. The molecule has 0 amide bonds. The number of ether oxygens (including phenoxy) is 1. The predicted molar refractivity (Wildman–Crippen MR) is 76.3 cm³/mol. The molecule has 1 aromatic heterocycles. The van der Waals surface area contributed by atoms with Gasteiger partial charge in [-0.2, -0.15) is 18.4 Å². The first-order chi connectivity index (χ1) is 10.7. The zero-order valence-corrected chi connectivity index (χ0v) is 12.8. The molecule has 9 heteroatoms. The lowest BCUT2D eigenvalue weighted by Gasteiger charge is -2.13. The van der Waals surface area contributed by atoms with Gasteiger partial charge in [-0.15, -0.1) is 0 Å². The van der Waals surface area contributed by atoms with Crippen LogP contribution < -0.4 is 15.2 Å². The number of nitriles is 1. The van der Waals surface area contributed by atoms with E-state index < -0.39 is 17.7 Å². The van der Waals surface area contributed by atoms with Crippen LogP contribution in [-0.4, -0.2) is 26.7 Å². The van der Waals surface area contributed by atoms with E-state index in [-0.39, 0.29) is 23.7 Å². The van der Waals surface area contributed by atoms with Crippen molar-refractivity contribution in [3.05, 3.63) is 29.6 Å². The van der Waals surface area contributed by atoms with Crippen LogP contribution in [0.15, 0.2) is 24.0 Å². The molecule has 0 fully saturated rings. The van der Waals surface area contributed by atoms with Gasteiger partial charge in [-0.1, -0.05) is 0 Å². The van der Waals surface area contributed by atoms with Crippen molar-refractivity contribution in [3.8, 4) is 6.07 Å². The molecule has 2 N–H and O–H groups in total. The molecule has 0 radical (unpaired) electrons. The monoisotopic (exact) mass is 329 g/mol. The second-order valence-electron chi connectivity index (χ2n) is 4.58. The number of carbonyl (C=O) groups excluding carboxylic acids is 1. The number of nitrogens with one attached hydrogen (secondary N) is 2. The van der Waals surface area contributed by atoms with E-state index in [1.54, 1.807) is 13.0 Å². The largest absolute Gasteiger partial charge is 0.462 e. The number of rotatable bonds is 5. The van der Waals surface area contributed by atoms with E-state index in [1.807, 2.05) is 0 Å². The van der Waals surface area contributed by atoms with E-state index in [0.717, 1.165) is 12.3 Å². The number of H-pyrrole nitrogens is 1. The Balaban J connectivity index is 3.11. The highest BCUT2D eigenvalue weighted by atomic mass is 19.4. The van der Waals surface area contributed by atoms with Crippen molar-refractivity contribution in [3.63, 3.8) is 0 Å². The van der Waals surface area contributed by atoms with Crippen molar-refractivity contribution < 1.29 is 27.7 Å². The lowest BCUT2D eigenvalue weighted by Crippen LogP contribution is -2.26. The molecule has 0 saturated carbocycles. The van der Waals surface area contributed by atoms with E-state index in [9.17, 15) is 18.0 Å². The first kappa shape index (κ1) is 18.3. The molecule has 0 atom stereocenters. The highest BCUT2D eigenvalue weighted by Crippen LogP contribution is 2.34. The van der Waals surface area contributed by atoms with E-state index >= 15 is 0 Å². The maximum Gasteiger partial charge on any atom is 0.424 e. The number of aromatic amines is 1. The van der Waals surface area contributed by atoms with Gasteiger partial charge >= 0.3 is 12.1 Å². The zero-order chi connectivity index (χ0) is 17.6. The number of hydrogen-bond donors (Lipinski definition) is 1. The highest BCUT2D eigenvalue weighted by molar-refractivity contribution is 5.93. The number of anilines is 2. The summed E-state index contributed by atoms with van der Waals surface area (Å²) < 4.78 is 43.8. The van der Waals surface area contributed by atoms with Crippen molar-refractivity contribution in [1.82, 2.24) is 0 Å². The summed E-state index contributed by atoms with van der Waals surface area (Å²) in [6.45, 7) is 1.66. The summed E-state index contributed by atoms with van der Waals surface area (Å²) in [4.78, 5) is 15.2. The third-order valence-corrected chi connectivity index (χ3v) is 2.67. The molecule has 124 valence electrons. The van der Waals surface area contributed by atoms with Gasteiger partial charge in [0.15, 0.2) is 5.57 Å². The first-order valence-corrected chi connectivity index (χ1v) is 6.54. The van der Waals surface area contributed by atoms with Gasteiger partial charge in [0.2, 0.25) is 0 Å². The number of halogens is 3. The SMILES string of the molecule is CCOC(=O)/C(C#N)=C/Nc1c[nH+]c(N(C)C)c(C(F)(F)F)c1. The Hall–Kier alpha value is -2.76. The molecule has 0 aliphatic rings. The standard InChI is InChI=1S/C14H15F3N4O2/c1-4-23-13(22)9(6-18)7-19-10-5-11(14(15,16)17)12(20-8-10)21(2)3/h5,7-8,19H,4H2,1-3H3/p+1/b9-7+. The summed E-state index contributed by atoms with van der Waals surface area (Å²) in [5, 5.41) is 11.3. The zero-order valence-electron chi connectivity index (χ0n) is 12.8. The number of carbonyl (C=O) groups is 1. The van der Waals surface area contributed by atoms with Crippen molar-refractivity contribution >= 4 is 17.5 Å². The second kappa shape index (κ2) is 7.49. The normalized spacial score (nSPS) is 11.6. The third kappa shape index (κ3) is 4.88. The summed E-state index contributed by atoms with van der Waals surface area (Å²) >= 11 is 0. The Morgan fingerprint density at radius 3 is 2.65 bits per heavy atom. The van der Waals surface area contributed by atoms with Crippen LogP contribution in [0, 0.1) is 11.3 Å². The van der Waals surface area contributed by atoms with Gasteiger partial charge in [-0.05, 0) is 13.0 Å². The fourth-order valence-electron chi connectivity index (χ4n) is 1.66. The van der Waals surface area contributed by atoms with Crippen molar-refractivity contribution in [1.29, 1.82) is 5.26 Å². The molecule has 0 aromatic carbocycles. The van der Waals surface area contributed by atoms with Gasteiger partial charge in [-0.3, -0.25) is 4.90 Å². The fraction of sp³-hybridized carbons (Fsp3) is 0.357. The minimum atomic E-state index is -4.56. The minimum absolute atomic E-state index is 0.0416.